The van der Waals surface area contributed by atoms with Crippen molar-refractivity contribution in [1.29, 1.82) is 0 Å². The molecule has 6 aliphatic rings. The third kappa shape index (κ3) is 20.0. The Bertz CT molecular complexity index is 4470. The normalized spacial score (nSPS) is 20.5. The second-order valence-corrected chi connectivity index (χ2v) is 33.4. The summed E-state index contributed by atoms with van der Waals surface area (Å²) in [6.45, 7) is 13.2. The molecule has 0 spiro atoms. The number of carboxylic acids is 1. The van der Waals surface area contributed by atoms with Crippen LogP contribution in [0.5, 0.6) is 0 Å². The van der Waals surface area contributed by atoms with Crippen LogP contribution in [-0.2, 0) is 76.1 Å². The van der Waals surface area contributed by atoms with E-state index in [2.05, 4.69) is 56.8 Å². The zero-order valence-electron chi connectivity index (χ0n) is 62.0. The Labute approximate surface area is 632 Å². The van der Waals surface area contributed by atoms with Crippen molar-refractivity contribution in [2.45, 2.75) is 168 Å². The van der Waals surface area contributed by atoms with E-state index in [1.165, 1.54) is 28.4 Å². The van der Waals surface area contributed by atoms with E-state index in [1.807, 2.05) is 52.9 Å². The van der Waals surface area contributed by atoms with Gasteiger partial charge in [-0.25, -0.2) is 24.4 Å². The molecule has 3 aromatic carbocycles. The number of aromatic nitrogens is 4. The molecule has 0 saturated heterocycles. The van der Waals surface area contributed by atoms with E-state index >= 15 is 0 Å². The number of hydrogen-bond acceptors (Lipinski definition) is 19. The van der Waals surface area contributed by atoms with Crippen molar-refractivity contribution in [1.82, 2.24) is 50.8 Å². The summed E-state index contributed by atoms with van der Waals surface area (Å²) in [5.74, 6) is -4.10. The van der Waals surface area contributed by atoms with E-state index in [-0.39, 0.29) is 115 Å². The second kappa shape index (κ2) is 33.8. The van der Waals surface area contributed by atoms with Crippen LogP contribution < -0.4 is 42.5 Å². The lowest BCUT2D eigenvalue weighted by molar-refractivity contribution is -0.247. The molecule has 578 valence electrons. The van der Waals surface area contributed by atoms with Crippen molar-refractivity contribution in [2.75, 3.05) is 74.2 Å². The van der Waals surface area contributed by atoms with E-state index in [4.69, 9.17) is 25.3 Å². The van der Waals surface area contributed by atoms with Gasteiger partial charge in [-0.1, -0.05) is 75.8 Å². The molecule has 29 nitrogen and oxygen atoms in total. The highest BCUT2D eigenvalue weighted by atomic mass is 32.2. The Morgan fingerprint density at radius 3 is 2.25 bits per heavy atom. The van der Waals surface area contributed by atoms with Crippen molar-refractivity contribution in [3.63, 3.8) is 0 Å². The number of nitrogens with one attached hydrogen (secondary N) is 6. The molecule has 4 aliphatic carbocycles. The number of unbranched alkanes of at least 4 members (excludes halogenated alkanes) is 2. The van der Waals surface area contributed by atoms with Gasteiger partial charge in [0.15, 0.2) is 10.8 Å². The zero-order valence-corrected chi connectivity index (χ0v) is 63.6. The molecular weight excluding hydrogens is 1430 g/mol. The Hall–Kier alpha value is -9.69. The van der Waals surface area contributed by atoms with Crippen LogP contribution >= 0.6 is 11.3 Å². The van der Waals surface area contributed by atoms with Crippen LogP contribution in [0.1, 0.15) is 160 Å². The van der Waals surface area contributed by atoms with Crippen LogP contribution in [0.2, 0.25) is 0 Å². The Morgan fingerprint density at radius 2 is 1.55 bits per heavy atom. The first kappa shape index (κ1) is 79.4. The number of nitrogens with zero attached hydrogens (tertiary/aromatic N) is 7. The van der Waals surface area contributed by atoms with Gasteiger partial charge < -0.3 is 56.7 Å². The number of anilines is 3. The number of benzene rings is 3. The fourth-order valence-electron chi connectivity index (χ4n) is 17.4. The third-order valence-corrected chi connectivity index (χ3v) is 22.9. The molecule has 2 unspecified atom stereocenters. The number of carboxylic acid groups (broad SMARTS) is 1. The van der Waals surface area contributed by atoms with Crippen LogP contribution in [0.15, 0.2) is 91.1 Å². The minimum Gasteiger partial charge on any atom is -0.476 e. The number of hydrogen-bond donors (Lipinski definition) is 9. The average molecular weight is 1520 g/mol. The molecule has 9 amide bonds. The summed E-state index contributed by atoms with van der Waals surface area (Å²) in [4.78, 5) is 131. The summed E-state index contributed by atoms with van der Waals surface area (Å²) < 4.78 is 47.2. The maximum atomic E-state index is 14.6. The number of para-hydroxylation sites is 1. The third-order valence-electron chi connectivity index (χ3n) is 21.2. The topological polar surface area (TPSA) is 398 Å². The van der Waals surface area contributed by atoms with Crippen molar-refractivity contribution >= 4 is 102 Å². The number of fused-ring (bicyclic) bond motifs is 2. The van der Waals surface area contributed by atoms with Crippen molar-refractivity contribution < 1.29 is 70.7 Å². The number of ether oxygens (including phenoxy) is 2. The molecule has 0 radical (unpaired) electrons. The number of nitrogens with two attached hydrogens (primary N) is 1. The van der Waals surface area contributed by atoms with Gasteiger partial charge in [0.05, 0.1) is 34.4 Å². The molecule has 108 heavy (non-hydrogen) atoms. The Balaban J connectivity index is 0.700. The van der Waals surface area contributed by atoms with E-state index in [9.17, 15) is 61.2 Å². The van der Waals surface area contributed by atoms with Gasteiger partial charge in [-0.05, 0) is 177 Å². The van der Waals surface area contributed by atoms with Crippen molar-refractivity contribution in [2.24, 2.45) is 27.9 Å². The van der Waals surface area contributed by atoms with Gasteiger partial charge in [-0.15, -0.1) is 0 Å². The van der Waals surface area contributed by atoms with Crippen molar-refractivity contribution in [3.8, 4) is 11.1 Å². The number of carbonyl (C=O) groups is 9. The zero-order chi connectivity index (χ0) is 77.3. The molecule has 4 saturated carbocycles. The number of thiazole rings is 1. The lowest BCUT2D eigenvalue weighted by Gasteiger charge is -2.69. The summed E-state index contributed by atoms with van der Waals surface area (Å²) in [7, 11) is -2.44. The Kier molecular flexibility index (Phi) is 24.9. The number of aromatic carboxylic acids is 1. The number of primary amides is 1. The van der Waals surface area contributed by atoms with Gasteiger partial charge >= 0.3 is 18.1 Å². The SMILES string of the molecule is Cc1c(-c2ccc(N3CCc4cc(CCCN(C)C(=O)OCc5ccc(NC(=O)[C@H](CCCNC(N)=O)NC(=O)[C@@H](NC(=O)CCCCCN6C(=O)C=CC6=O)C(C)C)cc5)cc(C(=O)Nc5nc6ccccc6s5)c4C3)nc2C(=O)O)cnn1CC12CC3(C)CC(C)(C1)CC(OCCNCCS(=O)(=O)O)(C3)C2. The fraction of sp³-hybridized carbons (Fsp3) is 0.506. The molecule has 6 aromatic rings. The number of amides is 9. The van der Waals surface area contributed by atoms with E-state index in [1.54, 1.807) is 57.4 Å². The lowest BCUT2D eigenvalue weighted by Crippen LogP contribution is -2.64. The van der Waals surface area contributed by atoms with Gasteiger partial charge in [0, 0.05) is 106 Å². The monoisotopic (exact) mass is 1520 g/mol. The van der Waals surface area contributed by atoms with E-state index < -0.39 is 52.1 Å². The molecule has 12 rings (SSSR count). The highest BCUT2D eigenvalue weighted by Crippen LogP contribution is 2.72. The van der Waals surface area contributed by atoms with Crippen LogP contribution in [0.4, 0.5) is 26.2 Å². The summed E-state index contributed by atoms with van der Waals surface area (Å²) in [6.07, 6.45) is 12.9. The lowest BCUT2D eigenvalue weighted by atomic mass is 9.39. The van der Waals surface area contributed by atoms with Gasteiger partial charge in [0.25, 0.3) is 27.8 Å². The number of urea groups is 1. The van der Waals surface area contributed by atoms with Crippen LogP contribution in [0, 0.1) is 29.1 Å². The summed E-state index contributed by atoms with van der Waals surface area (Å²) in [5, 5.41) is 33.2. The number of aryl methyl sites for hydroxylation is 1. The maximum absolute atomic E-state index is 14.6. The molecule has 31 heteroatoms. The minimum absolute atomic E-state index is 0.0449. The number of imide groups is 1. The number of rotatable bonds is 36. The van der Waals surface area contributed by atoms with Gasteiger partial charge in [-0.2, -0.15) is 13.5 Å². The maximum Gasteiger partial charge on any atom is 0.409 e. The predicted molar refractivity (Wildman–Crippen MR) is 406 cm³/mol. The minimum atomic E-state index is -4.07. The standard InChI is InChI=1S/C77H98N14O15S2/c1-48(2)65(86-62(92)18-8-7-11-32-90-63(93)25-26-64(90)94)69(97)83-59(16-12-28-80-71(78)100)68(96)82-53-21-19-50(20-22-53)40-105-73(101)88(6)31-13-14-51-36-52-27-33-89(39-57(52)55(37-51)67(95)87-72-84-58-15-9-10-17-60(58)107-72)61-24-23-54(66(85-61)70(98)99)56-38-81-91(49(56)3)47-76-42-74(4)41-75(5,43-76)45-77(44-74,46-76)106-34-29-79-30-35-108(102,103)104/h9-10,15,17,19-26,36-38,48,59,65,79H,7-8,11-14,16,18,27-35,39-47H2,1-6H3,(H,82,96)(H,83,97)(H,86,92)(H,98,99)(H3,78,80,100)(H,84,87,95)(H,102,103,104)/t59-,65-,74?,75?,76?,77?/m0/s1. The van der Waals surface area contributed by atoms with Crippen molar-refractivity contribution in [3.05, 3.63) is 130 Å². The summed E-state index contributed by atoms with van der Waals surface area (Å²) in [5.41, 5.74) is 11.4. The van der Waals surface area contributed by atoms with Crippen LogP contribution in [0.3, 0.4) is 0 Å². The second-order valence-electron chi connectivity index (χ2n) is 30.8. The van der Waals surface area contributed by atoms with Gasteiger partial charge in [0.1, 0.15) is 24.5 Å². The smallest absolute Gasteiger partial charge is 0.409 e. The highest BCUT2D eigenvalue weighted by molar-refractivity contribution is 7.85. The first-order valence-electron chi connectivity index (χ1n) is 36.9. The molecule has 4 bridgehead atoms. The highest BCUT2D eigenvalue weighted by Gasteiger charge is 2.66. The molecule has 2 aliphatic heterocycles. The Morgan fingerprint density at radius 1 is 0.806 bits per heavy atom. The molecule has 10 N–H and O–H groups in total. The number of pyridine rings is 1. The quantitative estimate of drug-likeness (QED) is 0.0101. The molecular formula is C77H98N14O15S2. The largest absolute Gasteiger partial charge is 0.476 e. The molecule has 4 fully saturated rings. The van der Waals surface area contributed by atoms with E-state index in [0.29, 0.717) is 110 Å². The summed E-state index contributed by atoms with van der Waals surface area (Å²) in [6, 6.07) is 19.0. The molecule has 3 aromatic heterocycles. The van der Waals surface area contributed by atoms with E-state index in [0.717, 1.165) is 76.0 Å². The first-order valence-corrected chi connectivity index (χ1v) is 39.4. The molecule has 4 atom stereocenters. The average Bonchev–Trinajstić information content (AvgIpc) is 1.07. The fourth-order valence-corrected chi connectivity index (χ4v) is 18.6. The first-order chi connectivity index (χ1) is 51.4. The molecule has 5 heterocycles. The van der Waals surface area contributed by atoms with Crippen LogP contribution in [-0.4, -0.2) is 178 Å². The van der Waals surface area contributed by atoms with Crippen LogP contribution in [0.25, 0.3) is 21.3 Å². The predicted octanol–water partition coefficient (Wildman–Crippen LogP) is 8.69. The van der Waals surface area contributed by atoms with Gasteiger partial charge in [0.2, 0.25) is 17.7 Å². The van der Waals surface area contributed by atoms with Gasteiger partial charge in [-0.3, -0.25) is 48.2 Å². The summed E-state index contributed by atoms with van der Waals surface area (Å²) >= 11 is 1.36. The number of carbonyl (C=O) groups excluding carboxylic acids is 8.